The van der Waals surface area contributed by atoms with Gasteiger partial charge in [-0.05, 0) is 48.0 Å². The third-order valence-electron chi connectivity index (χ3n) is 4.75. The molecule has 1 amide bonds. The number of methoxy groups -OCH3 is 1. The second kappa shape index (κ2) is 7.23. The third-order valence-corrected chi connectivity index (χ3v) is 7.79. The summed E-state index contributed by atoms with van der Waals surface area (Å²) >= 11 is 1.09. The summed E-state index contributed by atoms with van der Waals surface area (Å²) in [5, 5.41) is 4.01. The van der Waals surface area contributed by atoms with Crippen molar-refractivity contribution in [3.63, 3.8) is 0 Å². The molecule has 0 radical (unpaired) electrons. The van der Waals surface area contributed by atoms with E-state index in [1.54, 1.807) is 0 Å². The molecule has 4 rings (SSSR count). The van der Waals surface area contributed by atoms with E-state index in [1.807, 2.05) is 0 Å². The molecule has 150 valence electrons. The largest absolute Gasteiger partial charge is 0.497 e. The van der Waals surface area contributed by atoms with Crippen LogP contribution in [0.25, 0.3) is 0 Å². The van der Waals surface area contributed by atoms with E-state index in [9.17, 15) is 22.0 Å². The first kappa shape index (κ1) is 19.5. The Morgan fingerprint density at radius 3 is 2.55 bits per heavy atom. The Morgan fingerprint density at radius 1 is 1.14 bits per heavy atom. The van der Waals surface area contributed by atoms with Gasteiger partial charge in [-0.2, -0.15) is 0 Å². The van der Waals surface area contributed by atoms with Gasteiger partial charge in [0.2, 0.25) is 15.7 Å². The van der Waals surface area contributed by atoms with E-state index < -0.39 is 33.3 Å². The maximum absolute atomic E-state index is 14.3. The molecular formula is C20H15F2NO4S2. The molecular weight excluding hydrogens is 420 g/mol. The molecule has 0 unspecified atom stereocenters. The number of hydrogen-bond acceptors (Lipinski definition) is 5. The molecule has 1 atom stereocenters. The summed E-state index contributed by atoms with van der Waals surface area (Å²) in [7, 11) is -2.46. The van der Waals surface area contributed by atoms with Crippen LogP contribution in [0.15, 0.2) is 57.6 Å². The zero-order valence-corrected chi connectivity index (χ0v) is 16.7. The van der Waals surface area contributed by atoms with Crippen LogP contribution in [0.3, 0.4) is 0 Å². The zero-order chi connectivity index (χ0) is 20.8. The minimum atomic E-state index is -3.94. The van der Waals surface area contributed by atoms with Crippen molar-refractivity contribution in [3.05, 3.63) is 69.9 Å². The minimum absolute atomic E-state index is 0.0244. The van der Waals surface area contributed by atoms with Crippen molar-refractivity contribution in [2.75, 3.05) is 12.4 Å². The van der Waals surface area contributed by atoms with E-state index in [2.05, 4.69) is 5.32 Å². The molecule has 1 aliphatic heterocycles. The number of rotatable bonds is 4. The highest BCUT2D eigenvalue weighted by molar-refractivity contribution is 7.91. The minimum Gasteiger partial charge on any atom is -0.497 e. The van der Waals surface area contributed by atoms with Gasteiger partial charge in [0, 0.05) is 22.6 Å². The maximum Gasteiger partial charge on any atom is 0.225 e. The first-order valence-corrected chi connectivity index (χ1v) is 10.9. The SMILES string of the molecule is COc1ccc(S(=O)(=O)c2csc3c2NC(=O)C[C@@H]3c2cc(F)ccc2F)cc1. The molecule has 0 fully saturated rings. The predicted octanol–water partition coefficient (Wildman–Crippen LogP) is 4.34. The van der Waals surface area contributed by atoms with Crippen molar-refractivity contribution in [1.29, 1.82) is 0 Å². The standard InChI is InChI=1S/C20H15F2NO4S2/c1-27-12-3-5-13(6-4-12)29(25,26)17-10-28-20-15(9-18(24)23-19(17)20)14-8-11(21)2-7-16(14)22/h2-8,10,15H,9H2,1H3,(H,23,24)/t15-/m1/s1. The molecule has 1 N–H and O–H groups in total. The quantitative estimate of drug-likeness (QED) is 0.662. The zero-order valence-electron chi connectivity index (χ0n) is 15.1. The molecule has 5 nitrogen and oxygen atoms in total. The monoisotopic (exact) mass is 435 g/mol. The highest BCUT2D eigenvalue weighted by Gasteiger charge is 2.35. The predicted molar refractivity (Wildman–Crippen MR) is 104 cm³/mol. The Labute approximate surface area is 169 Å². The molecule has 0 bridgehead atoms. The van der Waals surface area contributed by atoms with Gasteiger partial charge in [-0.15, -0.1) is 11.3 Å². The summed E-state index contributed by atoms with van der Waals surface area (Å²) in [6, 6.07) is 8.90. The summed E-state index contributed by atoms with van der Waals surface area (Å²) in [5.41, 5.74) is 0.145. The van der Waals surface area contributed by atoms with E-state index >= 15 is 0 Å². The Balaban J connectivity index is 1.82. The summed E-state index contributed by atoms with van der Waals surface area (Å²) < 4.78 is 59.3. The van der Waals surface area contributed by atoms with E-state index in [1.165, 1.54) is 36.8 Å². The Kier molecular flexibility index (Phi) is 4.87. The number of carbonyl (C=O) groups is 1. The lowest BCUT2D eigenvalue weighted by Crippen LogP contribution is -2.24. The second-order valence-corrected chi connectivity index (χ2v) is 9.32. The topological polar surface area (TPSA) is 72.5 Å². The lowest BCUT2D eigenvalue weighted by Gasteiger charge is -2.24. The van der Waals surface area contributed by atoms with Gasteiger partial charge < -0.3 is 10.1 Å². The Hall–Kier alpha value is -2.78. The summed E-state index contributed by atoms with van der Waals surface area (Å²) in [4.78, 5) is 12.7. The number of ether oxygens (including phenoxy) is 1. The van der Waals surface area contributed by atoms with Crippen LogP contribution >= 0.6 is 11.3 Å². The first-order chi connectivity index (χ1) is 13.8. The van der Waals surface area contributed by atoms with Gasteiger partial charge in [0.25, 0.3) is 0 Å². The van der Waals surface area contributed by atoms with E-state index in [-0.39, 0.29) is 27.5 Å². The van der Waals surface area contributed by atoms with Crippen LogP contribution in [0.2, 0.25) is 0 Å². The van der Waals surface area contributed by atoms with Crippen LogP contribution in [0.4, 0.5) is 14.5 Å². The summed E-state index contributed by atoms with van der Waals surface area (Å²) in [6.07, 6.45) is -0.101. The fourth-order valence-corrected chi connectivity index (χ4v) is 6.22. The number of hydrogen-bond donors (Lipinski definition) is 1. The lowest BCUT2D eigenvalue weighted by atomic mass is 9.90. The smallest absolute Gasteiger partial charge is 0.225 e. The summed E-state index contributed by atoms with van der Waals surface area (Å²) in [6.45, 7) is 0. The van der Waals surface area contributed by atoms with Crippen molar-refractivity contribution in [2.45, 2.75) is 22.1 Å². The van der Waals surface area contributed by atoms with Crippen LogP contribution in [-0.4, -0.2) is 21.4 Å². The van der Waals surface area contributed by atoms with Crippen molar-refractivity contribution in [2.24, 2.45) is 0 Å². The van der Waals surface area contributed by atoms with Gasteiger partial charge in [0.15, 0.2) is 0 Å². The number of nitrogens with one attached hydrogen (secondary N) is 1. The molecule has 29 heavy (non-hydrogen) atoms. The highest BCUT2D eigenvalue weighted by atomic mass is 32.2. The van der Waals surface area contributed by atoms with Gasteiger partial charge in [0.05, 0.1) is 17.7 Å². The fraction of sp³-hybridized carbons (Fsp3) is 0.150. The average Bonchev–Trinajstić information content (AvgIpc) is 3.14. The Bertz CT molecular complexity index is 1200. The van der Waals surface area contributed by atoms with Gasteiger partial charge >= 0.3 is 0 Å². The normalized spacial score (nSPS) is 16.2. The van der Waals surface area contributed by atoms with Crippen LogP contribution in [0.1, 0.15) is 22.8 Å². The third kappa shape index (κ3) is 3.40. The summed E-state index contributed by atoms with van der Waals surface area (Å²) in [5.74, 6) is -2.00. The number of amides is 1. The number of thiophene rings is 1. The van der Waals surface area contributed by atoms with E-state index in [0.717, 1.165) is 29.5 Å². The van der Waals surface area contributed by atoms with Crippen molar-refractivity contribution in [3.8, 4) is 5.75 Å². The molecule has 3 aromatic rings. The highest BCUT2D eigenvalue weighted by Crippen LogP contribution is 2.46. The van der Waals surface area contributed by atoms with E-state index in [0.29, 0.717) is 10.6 Å². The molecule has 1 aromatic heterocycles. The van der Waals surface area contributed by atoms with Crippen LogP contribution in [0, 0.1) is 11.6 Å². The van der Waals surface area contributed by atoms with Crippen molar-refractivity contribution < 1.29 is 26.7 Å². The Morgan fingerprint density at radius 2 is 1.86 bits per heavy atom. The van der Waals surface area contributed by atoms with Crippen molar-refractivity contribution >= 4 is 32.8 Å². The molecule has 0 spiro atoms. The number of sulfone groups is 1. The van der Waals surface area contributed by atoms with Gasteiger partial charge in [-0.1, -0.05) is 0 Å². The number of anilines is 1. The van der Waals surface area contributed by atoms with Gasteiger partial charge in [-0.25, -0.2) is 17.2 Å². The van der Waals surface area contributed by atoms with Gasteiger partial charge in [-0.3, -0.25) is 4.79 Å². The van der Waals surface area contributed by atoms with Crippen LogP contribution in [0.5, 0.6) is 5.75 Å². The van der Waals surface area contributed by atoms with Crippen LogP contribution in [-0.2, 0) is 14.6 Å². The molecule has 2 heterocycles. The van der Waals surface area contributed by atoms with Crippen molar-refractivity contribution in [1.82, 2.24) is 0 Å². The number of carbonyl (C=O) groups excluding carboxylic acids is 1. The molecule has 0 saturated carbocycles. The van der Waals surface area contributed by atoms with E-state index in [4.69, 9.17) is 4.74 Å². The molecule has 9 heteroatoms. The first-order valence-electron chi connectivity index (χ1n) is 8.56. The fourth-order valence-electron chi connectivity index (χ4n) is 3.32. The molecule has 0 saturated heterocycles. The lowest BCUT2D eigenvalue weighted by molar-refractivity contribution is -0.116. The number of halogens is 2. The molecule has 1 aliphatic rings. The van der Waals surface area contributed by atoms with Crippen LogP contribution < -0.4 is 10.1 Å². The molecule has 0 aliphatic carbocycles. The average molecular weight is 435 g/mol. The van der Waals surface area contributed by atoms with Gasteiger partial charge in [0.1, 0.15) is 22.3 Å². The maximum atomic E-state index is 14.3. The molecule has 2 aromatic carbocycles. The second-order valence-electron chi connectivity index (χ2n) is 6.49. The number of benzene rings is 2. The number of fused-ring (bicyclic) bond motifs is 1.